The quantitative estimate of drug-likeness (QED) is 0.313. The van der Waals surface area contributed by atoms with Crippen molar-refractivity contribution in [1.82, 2.24) is 35.4 Å². The van der Waals surface area contributed by atoms with E-state index >= 15 is 0 Å². The first kappa shape index (κ1) is 22.3. The number of nitrogens with zero attached hydrogens (tertiary/aromatic N) is 5. The zero-order chi connectivity index (χ0) is 23.5. The maximum Gasteiger partial charge on any atom is 0.262 e. The first-order chi connectivity index (χ1) is 16.6. The number of aromatic nitrogens is 5. The Morgan fingerprint density at radius 3 is 2.53 bits per heavy atom. The van der Waals surface area contributed by atoms with Crippen molar-refractivity contribution < 1.29 is 14.3 Å². The molecule has 0 atom stereocenters. The van der Waals surface area contributed by atoms with Crippen LogP contribution < -0.4 is 0 Å². The number of rotatable bonds is 6. The minimum Gasteiger partial charge on any atom is -0.379 e. The third-order valence-electron chi connectivity index (χ3n) is 5.94. The van der Waals surface area contributed by atoms with Crippen molar-refractivity contribution >= 4 is 35.0 Å². The summed E-state index contributed by atoms with van der Waals surface area (Å²) in [6.07, 6.45) is 1.69. The molecule has 0 radical (unpaired) electrons. The molecule has 2 aliphatic heterocycles. The highest BCUT2D eigenvalue weighted by Gasteiger charge is 2.33. The number of amides is 1. The van der Waals surface area contributed by atoms with Crippen LogP contribution in [0.3, 0.4) is 0 Å². The highest BCUT2D eigenvalue weighted by atomic mass is 32.1. The van der Waals surface area contributed by atoms with Crippen LogP contribution in [0.1, 0.15) is 12.1 Å². The lowest BCUT2D eigenvalue weighted by atomic mass is 10.0. The zero-order valence-electron chi connectivity index (χ0n) is 18.4. The Morgan fingerprint density at radius 2 is 1.79 bits per heavy atom. The van der Waals surface area contributed by atoms with E-state index in [4.69, 9.17) is 17.0 Å². The summed E-state index contributed by atoms with van der Waals surface area (Å²) in [5.41, 5.74) is 3.48. The molecule has 5 rings (SSSR count). The van der Waals surface area contributed by atoms with Gasteiger partial charge >= 0.3 is 0 Å². The number of thiocarbonyl (C=S) groups is 1. The zero-order valence-corrected chi connectivity index (χ0v) is 19.2. The smallest absolute Gasteiger partial charge is 0.262 e. The van der Waals surface area contributed by atoms with Gasteiger partial charge in [0.05, 0.1) is 30.2 Å². The lowest BCUT2D eigenvalue weighted by molar-refractivity contribution is -0.128. The van der Waals surface area contributed by atoms with Gasteiger partial charge in [0.1, 0.15) is 0 Å². The van der Waals surface area contributed by atoms with Crippen molar-refractivity contribution in [2.75, 3.05) is 39.4 Å². The number of Topliss-reactive ketones (excluding diaryl/α,β-unsaturated/α-hetero) is 1. The number of ketones is 1. The third-order valence-corrected chi connectivity index (χ3v) is 6.30. The molecule has 1 amide bonds. The Bertz CT molecular complexity index is 1230. The number of tetrazole rings is 1. The minimum absolute atomic E-state index is 0.0706. The second kappa shape index (κ2) is 9.75. The maximum atomic E-state index is 13.1. The van der Waals surface area contributed by atoms with Crippen LogP contribution in [-0.2, 0) is 14.3 Å². The molecule has 11 heteroatoms. The third kappa shape index (κ3) is 4.72. The van der Waals surface area contributed by atoms with E-state index in [1.165, 1.54) is 0 Å². The Kier molecular flexibility index (Phi) is 6.39. The van der Waals surface area contributed by atoms with Gasteiger partial charge < -0.3 is 14.6 Å². The normalized spacial score (nSPS) is 18.8. The molecule has 2 aliphatic rings. The van der Waals surface area contributed by atoms with Gasteiger partial charge in [-0.3, -0.25) is 14.5 Å². The predicted molar refractivity (Wildman–Crippen MR) is 129 cm³/mol. The summed E-state index contributed by atoms with van der Waals surface area (Å²) >= 11 is 5.36. The number of H-pyrrole nitrogens is 2. The van der Waals surface area contributed by atoms with Crippen molar-refractivity contribution in [1.29, 1.82) is 0 Å². The molecule has 2 fully saturated rings. The lowest BCUT2D eigenvalue weighted by Crippen LogP contribution is -2.48. The van der Waals surface area contributed by atoms with Gasteiger partial charge in [0, 0.05) is 43.1 Å². The molecule has 4 heterocycles. The minimum atomic E-state index is -0.338. The van der Waals surface area contributed by atoms with Crippen molar-refractivity contribution in [3.8, 4) is 22.6 Å². The van der Waals surface area contributed by atoms with Crippen LogP contribution in [0.5, 0.6) is 0 Å². The van der Waals surface area contributed by atoms with Crippen LogP contribution in [0.4, 0.5) is 0 Å². The molecule has 0 aliphatic carbocycles. The van der Waals surface area contributed by atoms with E-state index in [1.807, 2.05) is 36.4 Å². The number of piperidine rings is 1. The molecule has 2 saturated heterocycles. The molecule has 0 spiro atoms. The molecule has 2 aromatic heterocycles. The summed E-state index contributed by atoms with van der Waals surface area (Å²) in [5.74, 6) is -0.0674. The predicted octanol–water partition coefficient (Wildman–Crippen LogP) is 1.71. The Labute approximate surface area is 201 Å². The molecule has 3 aromatic rings. The van der Waals surface area contributed by atoms with Crippen LogP contribution in [-0.4, -0.2) is 91.5 Å². The second-order valence-corrected chi connectivity index (χ2v) is 8.57. The summed E-state index contributed by atoms with van der Waals surface area (Å²) in [4.78, 5) is 33.2. The average Bonchev–Trinajstić information content (AvgIpc) is 3.55. The average molecular weight is 478 g/mol. The summed E-state index contributed by atoms with van der Waals surface area (Å²) in [5, 5.41) is 14.0. The van der Waals surface area contributed by atoms with Crippen molar-refractivity contribution in [2.24, 2.45) is 0 Å². The van der Waals surface area contributed by atoms with Crippen molar-refractivity contribution in [3.63, 3.8) is 0 Å². The van der Waals surface area contributed by atoms with E-state index in [9.17, 15) is 9.59 Å². The van der Waals surface area contributed by atoms with E-state index in [0.29, 0.717) is 42.8 Å². The van der Waals surface area contributed by atoms with Crippen LogP contribution in [0.25, 0.3) is 28.7 Å². The van der Waals surface area contributed by atoms with Gasteiger partial charge in [-0.25, -0.2) is 0 Å². The van der Waals surface area contributed by atoms with E-state index in [-0.39, 0.29) is 23.7 Å². The molecular formula is C23H23N7O3S. The molecule has 174 valence electrons. The second-order valence-electron chi connectivity index (χ2n) is 8.10. The summed E-state index contributed by atoms with van der Waals surface area (Å²) in [6, 6.07) is 11.4. The Morgan fingerprint density at radius 1 is 1.03 bits per heavy atom. The van der Waals surface area contributed by atoms with Gasteiger partial charge in [-0.1, -0.05) is 36.5 Å². The van der Waals surface area contributed by atoms with Gasteiger partial charge in [-0.2, -0.15) is 5.21 Å². The fourth-order valence-corrected chi connectivity index (χ4v) is 4.35. The van der Waals surface area contributed by atoms with Crippen molar-refractivity contribution in [2.45, 2.75) is 6.42 Å². The maximum absolute atomic E-state index is 13.1. The summed E-state index contributed by atoms with van der Waals surface area (Å²) in [7, 11) is 0. The standard InChI is InChI=1S/C23H23N7O3S/c31-20-14-21(34)30(8-7-29-9-11-33-12-10-29)23(32)18(20)13-17-5-6-19(24-17)15-1-3-16(4-2-15)22-25-27-28-26-22/h1-6,13,24H,7-12,14H2,(H,25,26,27,28)/b18-13+. The molecule has 0 unspecified atom stereocenters. The number of ether oxygens (including phenoxy) is 1. The molecule has 10 nitrogen and oxygen atoms in total. The molecule has 1 aromatic carbocycles. The molecule has 34 heavy (non-hydrogen) atoms. The van der Waals surface area contributed by atoms with Crippen LogP contribution in [0.15, 0.2) is 42.0 Å². The Hall–Kier alpha value is -3.54. The highest BCUT2D eigenvalue weighted by Crippen LogP contribution is 2.24. The largest absolute Gasteiger partial charge is 0.379 e. The number of aromatic amines is 2. The van der Waals surface area contributed by atoms with Crippen molar-refractivity contribution in [3.05, 3.63) is 47.7 Å². The topological polar surface area (TPSA) is 120 Å². The first-order valence-electron chi connectivity index (χ1n) is 11.0. The lowest BCUT2D eigenvalue weighted by Gasteiger charge is -2.32. The number of nitrogens with one attached hydrogen (secondary N) is 2. The summed E-state index contributed by atoms with van der Waals surface area (Å²) in [6.45, 7) is 4.21. The number of likely N-dealkylation sites (tertiary alicyclic amines) is 1. The number of hydrogen-bond acceptors (Lipinski definition) is 8. The monoisotopic (exact) mass is 477 g/mol. The fourth-order valence-electron chi connectivity index (χ4n) is 4.04. The van der Waals surface area contributed by atoms with Gasteiger partial charge in [-0.15, -0.1) is 10.2 Å². The SMILES string of the molecule is O=C1CC(=S)N(CCN2CCOCC2)C(=O)/C1=C/c1ccc(-c2ccc(-c3nn[nH]n3)cc2)[nH]1. The molecule has 0 saturated carbocycles. The number of carbonyl (C=O) groups is 2. The van der Waals surface area contributed by atoms with Crippen LogP contribution in [0, 0.1) is 0 Å². The number of hydrogen-bond donors (Lipinski definition) is 2. The molecular weight excluding hydrogens is 454 g/mol. The Balaban J connectivity index is 1.30. The fraction of sp³-hybridized carbons (Fsp3) is 0.304. The van der Waals surface area contributed by atoms with Gasteiger partial charge in [0.25, 0.3) is 5.91 Å². The van der Waals surface area contributed by atoms with E-state index in [0.717, 1.165) is 29.9 Å². The number of morpholine rings is 1. The van der Waals surface area contributed by atoms with Gasteiger partial charge in [0.2, 0.25) is 5.82 Å². The van der Waals surface area contributed by atoms with Crippen LogP contribution in [0.2, 0.25) is 0 Å². The summed E-state index contributed by atoms with van der Waals surface area (Å²) < 4.78 is 5.37. The van der Waals surface area contributed by atoms with E-state index in [1.54, 1.807) is 11.0 Å². The number of benzene rings is 1. The van der Waals surface area contributed by atoms with Gasteiger partial charge in [-0.05, 0) is 29.0 Å². The number of carbonyl (C=O) groups excluding carboxylic acids is 2. The highest BCUT2D eigenvalue weighted by molar-refractivity contribution is 7.80. The van der Waals surface area contributed by atoms with E-state index in [2.05, 4.69) is 30.5 Å². The first-order valence-corrected chi connectivity index (χ1v) is 11.4. The molecule has 0 bridgehead atoms. The molecule has 2 N–H and O–H groups in total. The van der Waals surface area contributed by atoms with E-state index < -0.39 is 0 Å². The van der Waals surface area contributed by atoms with Gasteiger partial charge in [0.15, 0.2) is 5.78 Å². The van der Waals surface area contributed by atoms with Crippen LogP contribution >= 0.6 is 12.2 Å².